The van der Waals surface area contributed by atoms with Crippen molar-refractivity contribution >= 4 is 10.0 Å². The quantitative estimate of drug-likeness (QED) is 0.929. The Balaban J connectivity index is 1.84. The lowest BCUT2D eigenvalue weighted by Gasteiger charge is -2.15. The van der Waals surface area contributed by atoms with E-state index < -0.39 is 16.1 Å². The number of hydrogen-bond donors (Lipinski definition) is 1. The summed E-state index contributed by atoms with van der Waals surface area (Å²) in [5, 5.41) is 8.89. The fourth-order valence-electron chi connectivity index (χ4n) is 2.28. The molecule has 1 aliphatic rings. The van der Waals surface area contributed by atoms with Crippen LogP contribution in [-0.4, -0.2) is 15.2 Å². The minimum atomic E-state index is -3.73. The van der Waals surface area contributed by atoms with Gasteiger partial charge < -0.3 is 9.47 Å². The van der Waals surface area contributed by atoms with Gasteiger partial charge in [-0.05, 0) is 42.8 Å². The lowest BCUT2D eigenvalue weighted by atomic mass is 10.1. The number of hydrogen-bond acceptors (Lipinski definition) is 5. The van der Waals surface area contributed by atoms with Crippen molar-refractivity contribution in [3.63, 3.8) is 0 Å². The summed E-state index contributed by atoms with van der Waals surface area (Å²) in [6.45, 7) is 1.91. The highest BCUT2D eigenvalue weighted by Gasteiger charge is 2.21. The third-order valence-corrected chi connectivity index (χ3v) is 5.04. The number of ether oxygens (including phenoxy) is 2. The van der Waals surface area contributed by atoms with E-state index in [-0.39, 0.29) is 11.7 Å². The van der Waals surface area contributed by atoms with E-state index in [4.69, 9.17) is 14.7 Å². The summed E-state index contributed by atoms with van der Waals surface area (Å²) in [5.74, 6) is 1.24. The Labute approximate surface area is 134 Å². The predicted octanol–water partition coefficient (Wildman–Crippen LogP) is 2.33. The molecule has 0 saturated carbocycles. The molecule has 6 nitrogen and oxygen atoms in total. The Morgan fingerprint density at radius 1 is 1.17 bits per heavy atom. The zero-order valence-corrected chi connectivity index (χ0v) is 13.1. The molecule has 2 aromatic rings. The molecule has 1 unspecified atom stereocenters. The molecule has 23 heavy (non-hydrogen) atoms. The summed E-state index contributed by atoms with van der Waals surface area (Å²) in [6.07, 6.45) is 0. The third-order valence-electron chi connectivity index (χ3n) is 3.50. The number of nitriles is 1. The van der Waals surface area contributed by atoms with Gasteiger partial charge in [-0.15, -0.1) is 0 Å². The van der Waals surface area contributed by atoms with Gasteiger partial charge in [0.25, 0.3) is 0 Å². The van der Waals surface area contributed by atoms with Crippen molar-refractivity contribution in [2.45, 2.75) is 17.9 Å². The van der Waals surface area contributed by atoms with Crippen LogP contribution in [0.3, 0.4) is 0 Å². The van der Waals surface area contributed by atoms with E-state index in [9.17, 15) is 8.42 Å². The number of rotatable bonds is 4. The normalized spacial score (nSPS) is 14.3. The van der Waals surface area contributed by atoms with Crippen LogP contribution >= 0.6 is 0 Å². The second-order valence-electron chi connectivity index (χ2n) is 5.10. The number of nitrogens with one attached hydrogen (secondary N) is 1. The van der Waals surface area contributed by atoms with E-state index in [0.29, 0.717) is 17.1 Å². The first kappa shape index (κ1) is 15.3. The molecule has 1 N–H and O–H groups in total. The van der Waals surface area contributed by atoms with E-state index in [1.54, 1.807) is 37.3 Å². The maximum Gasteiger partial charge on any atom is 0.241 e. The molecule has 1 atom stereocenters. The second kappa shape index (κ2) is 5.91. The van der Waals surface area contributed by atoms with Gasteiger partial charge >= 0.3 is 0 Å². The van der Waals surface area contributed by atoms with Gasteiger partial charge in [0.05, 0.1) is 16.5 Å². The molecule has 1 aliphatic heterocycles. The van der Waals surface area contributed by atoms with Gasteiger partial charge in [0.15, 0.2) is 11.5 Å². The summed E-state index contributed by atoms with van der Waals surface area (Å²) in [5.41, 5.74) is 1.05. The van der Waals surface area contributed by atoms with Gasteiger partial charge in [0.1, 0.15) is 0 Å². The molecule has 2 aromatic carbocycles. The van der Waals surface area contributed by atoms with Crippen LogP contribution in [0.5, 0.6) is 11.5 Å². The average molecular weight is 330 g/mol. The van der Waals surface area contributed by atoms with Crippen molar-refractivity contribution < 1.29 is 17.9 Å². The van der Waals surface area contributed by atoms with E-state index in [1.807, 2.05) is 6.07 Å². The van der Waals surface area contributed by atoms with Gasteiger partial charge in [-0.1, -0.05) is 12.1 Å². The van der Waals surface area contributed by atoms with Gasteiger partial charge in [-0.2, -0.15) is 5.26 Å². The molecule has 0 amide bonds. The first-order valence-corrected chi connectivity index (χ1v) is 8.40. The van der Waals surface area contributed by atoms with Crippen LogP contribution in [-0.2, 0) is 10.0 Å². The van der Waals surface area contributed by atoms with E-state index in [1.165, 1.54) is 12.1 Å². The summed E-state index contributed by atoms with van der Waals surface area (Å²) in [7, 11) is -3.73. The Bertz CT molecular complexity index is 887. The Morgan fingerprint density at radius 3 is 2.74 bits per heavy atom. The maximum atomic E-state index is 12.4. The summed E-state index contributed by atoms with van der Waals surface area (Å²) < 4.78 is 38.0. The summed E-state index contributed by atoms with van der Waals surface area (Å²) >= 11 is 0. The zero-order chi connectivity index (χ0) is 16.4. The molecular formula is C16H14N2O4S. The number of sulfonamides is 1. The summed E-state index contributed by atoms with van der Waals surface area (Å²) in [6, 6.07) is 12.6. The van der Waals surface area contributed by atoms with Crippen molar-refractivity contribution in [1.29, 1.82) is 5.26 Å². The number of nitrogens with zero attached hydrogens (tertiary/aromatic N) is 1. The second-order valence-corrected chi connectivity index (χ2v) is 6.81. The minimum absolute atomic E-state index is 0.0594. The lowest BCUT2D eigenvalue weighted by molar-refractivity contribution is 0.174. The van der Waals surface area contributed by atoms with Crippen molar-refractivity contribution in [1.82, 2.24) is 4.72 Å². The van der Waals surface area contributed by atoms with Crippen molar-refractivity contribution in [2.24, 2.45) is 0 Å². The molecule has 0 spiro atoms. The van der Waals surface area contributed by atoms with Gasteiger partial charge in [0, 0.05) is 6.04 Å². The van der Waals surface area contributed by atoms with Crippen LogP contribution in [0.4, 0.5) is 0 Å². The molecule has 118 valence electrons. The molecule has 0 aliphatic carbocycles. The van der Waals surface area contributed by atoms with Crippen LogP contribution in [0, 0.1) is 11.3 Å². The molecule has 0 aromatic heterocycles. The predicted molar refractivity (Wildman–Crippen MR) is 82.5 cm³/mol. The highest BCUT2D eigenvalue weighted by molar-refractivity contribution is 7.89. The molecule has 7 heteroatoms. The number of fused-ring (bicyclic) bond motifs is 1. The Kier molecular flexibility index (Phi) is 3.94. The van der Waals surface area contributed by atoms with Crippen LogP contribution in [0.1, 0.15) is 24.1 Å². The first-order valence-electron chi connectivity index (χ1n) is 6.91. The lowest BCUT2D eigenvalue weighted by Crippen LogP contribution is -2.26. The molecule has 0 fully saturated rings. The van der Waals surface area contributed by atoms with Crippen molar-refractivity contribution in [3.8, 4) is 17.6 Å². The molecular weight excluding hydrogens is 316 g/mol. The molecule has 0 bridgehead atoms. The SMILES string of the molecule is CC(NS(=O)(=O)c1cccc(C#N)c1)c1ccc2c(c1)OCO2. The molecule has 0 saturated heterocycles. The average Bonchev–Trinajstić information content (AvgIpc) is 3.02. The van der Waals surface area contributed by atoms with Gasteiger partial charge in [-0.3, -0.25) is 0 Å². The van der Waals surface area contributed by atoms with Crippen molar-refractivity contribution in [3.05, 3.63) is 53.6 Å². The molecule has 0 radical (unpaired) electrons. The maximum absolute atomic E-state index is 12.4. The zero-order valence-electron chi connectivity index (χ0n) is 12.3. The smallest absolute Gasteiger partial charge is 0.241 e. The number of benzene rings is 2. The van der Waals surface area contributed by atoms with Crippen LogP contribution in [0.25, 0.3) is 0 Å². The van der Waals surface area contributed by atoms with Crippen LogP contribution in [0.2, 0.25) is 0 Å². The highest BCUT2D eigenvalue weighted by atomic mass is 32.2. The minimum Gasteiger partial charge on any atom is -0.454 e. The Morgan fingerprint density at radius 2 is 1.96 bits per heavy atom. The summed E-state index contributed by atoms with van der Waals surface area (Å²) in [4.78, 5) is 0.0594. The van der Waals surface area contributed by atoms with Gasteiger partial charge in [-0.25, -0.2) is 13.1 Å². The van der Waals surface area contributed by atoms with E-state index in [2.05, 4.69) is 4.72 Å². The molecule has 3 rings (SSSR count). The standard InChI is InChI=1S/C16H14N2O4S/c1-11(13-5-6-15-16(8-13)22-10-21-15)18-23(19,20)14-4-2-3-12(7-14)9-17/h2-8,11,18H,10H2,1H3. The topological polar surface area (TPSA) is 88.4 Å². The first-order chi connectivity index (χ1) is 11.0. The largest absolute Gasteiger partial charge is 0.454 e. The van der Waals surface area contributed by atoms with E-state index >= 15 is 0 Å². The van der Waals surface area contributed by atoms with Crippen LogP contribution < -0.4 is 14.2 Å². The fraction of sp³-hybridized carbons (Fsp3) is 0.188. The van der Waals surface area contributed by atoms with Crippen LogP contribution in [0.15, 0.2) is 47.4 Å². The Hall–Kier alpha value is -2.56. The molecule has 1 heterocycles. The van der Waals surface area contributed by atoms with Gasteiger partial charge in [0.2, 0.25) is 16.8 Å². The third kappa shape index (κ3) is 3.13. The fourth-order valence-corrected chi connectivity index (χ4v) is 3.56. The van der Waals surface area contributed by atoms with E-state index in [0.717, 1.165) is 5.56 Å². The monoisotopic (exact) mass is 330 g/mol. The van der Waals surface area contributed by atoms with Crippen molar-refractivity contribution in [2.75, 3.05) is 6.79 Å². The highest BCUT2D eigenvalue weighted by Crippen LogP contribution is 2.34.